The Kier molecular flexibility index (Phi) is 3.30. The van der Waals surface area contributed by atoms with Crippen LogP contribution in [0.1, 0.15) is 0 Å². The van der Waals surface area contributed by atoms with E-state index >= 15 is 0 Å². The van der Waals surface area contributed by atoms with Gasteiger partial charge < -0.3 is 5.11 Å². The van der Waals surface area contributed by atoms with Crippen molar-refractivity contribution < 1.29 is 14.7 Å². The molecular formula is C5H9O3S+. The first-order chi connectivity index (χ1) is 4.04. The Morgan fingerprint density at radius 3 is 2.00 bits per heavy atom. The van der Waals surface area contributed by atoms with Gasteiger partial charge in [0.25, 0.3) is 5.78 Å². The summed E-state index contributed by atoms with van der Waals surface area (Å²) in [5, 5.41) is 8.09. The number of aliphatic carboxylic acids is 1. The minimum atomic E-state index is -1.32. The van der Waals surface area contributed by atoms with Crippen LogP contribution < -0.4 is 0 Å². The molecule has 0 atom stereocenters. The molecule has 0 aliphatic carbocycles. The van der Waals surface area contributed by atoms with E-state index < -0.39 is 11.8 Å². The molecule has 0 saturated carbocycles. The Hall–Kier alpha value is -0.510. The van der Waals surface area contributed by atoms with Gasteiger partial charge >= 0.3 is 5.97 Å². The summed E-state index contributed by atoms with van der Waals surface area (Å²) < 4.78 is 0. The number of carboxylic acids is 1. The predicted molar refractivity (Wildman–Crippen MR) is 36.7 cm³/mol. The van der Waals surface area contributed by atoms with Crippen molar-refractivity contribution in [2.45, 2.75) is 0 Å². The Labute approximate surface area is 56.4 Å². The molecule has 0 bridgehead atoms. The number of carbonyl (C=O) groups excluding carboxylic acids is 1. The van der Waals surface area contributed by atoms with E-state index in [4.69, 9.17) is 5.11 Å². The van der Waals surface area contributed by atoms with E-state index in [9.17, 15) is 9.59 Å². The Balaban J connectivity index is 3.65. The summed E-state index contributed by atoms with van der Waals surface area (Å²) in [6.07, 6.45) is 3.67. The van der Waals surface area contributed by atoms with Crippen LogP contribution >= 0.6 is 0 Å². The standard InChI is InChI=1S/C5H8O3S/c1-9(2)3-4(6)5(7)8/h3H2,1-2H3/p+1. The molecule has 0 spiro atoms. The van der Waals surface area contributed by atoms with Crippen LogP contribution in [-0.2, 0) is 20.5 Å². The highest BCUT2D eigenvalue weighted by molar-refractivity contribution is 7.96. The van der Waals surface area contributed by atoms with Crippen molar-refractivity contribution in [1.29, 1.82) is 0 Å². The zero-order valence-corrected chi connectivity index (χ0v) is 6.20. The highest BCUT2D eigenvalue weighted by atomic mass is 32.2. The molecule has 0 radical (unpaired) electrons. The first-order valence-corrected chi connectivity index (χ1v) is 4.55. The molecule has 0 heterocycles. The number of rotatable bonds is 3. The van der Waals surface area contributed by atoms with Gasteiger partial charge in [0.15, 0.2) is 5.75 Å². The molecule has 0 saturated heterocycles. The molecule has 0 aromatic rings. The number of carbonyl (C=O) groups is 2. The van der Waals surface area contributed by atoms with Crippen LogP contribution in [0, 0.1) is 0 Å². The van der Waals surface area contributed by atoms with E-state index in [2.05, 4.69) is 0 Å². The van der Waals surface area contributed by atoms with Gasteiger partial charge in [-0.3, -0.25) is 4.79 Å². The summed E-state index contributed by atoms with van der Waals surface area (Å²) in [5.74, 6) is -1.85. The Morgan fingerprint density at radius 1 is 1.44 bits per heavy atom. The third-order valence-corrected chi connectivity index (χ3v) is 1.50. The van der Waals surface area contributed by atoms with Crippen molar-refractivity contribution in [2.75, 3.05) is 18.3 Å². The molecule has 0 unspecified atom stereocenters. The monoisotopic (exact) mass is 149 g/mol. The van der Waals surface area contributed by atoms with Gasteiger partial charge in [0.05, 0.1) is 12.5 Å². The topological polar surface area (TPSA) is 54.4 Å². The highest BCUT2D eigenvalue weighted by Crippen LogP contribution is 1.84. The molecule has 0 aromatic heterocycles. The minimum absolute atomic E-state index is 0.0966. The summed E-state index contributed by atoms with van der Waals surface area (Å²) >= 11 is 0. The fraction of sp³-hybridized carbons (Fsp3) is 0.600. The molecule has 0 amide bonds. The van der Waals surface area contributed by atoms with Crippen LogP contribution in [0.3, 0.4) is 0 Å². The average molecular weight is 149 g/mol. The second-order valence-corrected chi connectivity index (χ2v) is 4.12. The highest BCUT2D eigenvalue weighted by Gasteiger charge is 2.18. The molecule has 0 aliphatic rings. The number of ketones is 1. The van der Waals surface area contributed by atoms with Crippen molar-refractivity contribution in [3.8, 4) is 0 Å². The van der Waals surface area contributed by atoms with Crippen LogP contribution in [0.15, 0.2) is 0 Å². The summed E-state index contributed by atoms with van der Waals surface area (Å²) in [6.45, 7) is 0. The normalized spacial score (nSPS) is 9.67. The van der Waals surface area contributed by atoms with E-state index in [1.54, 1.807) is 0 Å². The van der Waals surface area contributed by atoms with Gasteiger partial charge in [-0.25, -0.2) is 4.79 Å². The lowest BCUT2D eigenvalue weighted by atomic mass is 10.5. The largest absolute Gasteiger partial charge is 0.475 e. The van der Waals surface area contributed by atoms with E-state index in [1.807, 2.05) is 12.5 Å². The lowest BCUT2D eigenvalue weighted by molar-refractivity contribution is -0.147. The van der Waals surface area contributed by atoms with Gasteiger partial charge in [-0.2, -0.15) is 0 Å². The SMILES string of the molecule is C[S+](C)CC(=O)C(=O)O. The lowest BCUT2D eigenvalue weighted by Crippen LogP contribution is -2.21. The number of hydrogen-bond acceptors (Lipinski definition) is 2. The minimum Gasteiger partial charge on any atom is -0.475 e. The maximum Gasteiger partial charge on any atom is 0.377 e. The van der Waals surface area contributed by atoms with Crippen LogP contribution in [0.5, 0.6) is 0 Å². The number of hydrogen-bond donors (Lipinski definition) is 1. The van der Waals surface area contributed by atoms with Gasteiger partial charge in [-0.15, -0.1) is 0 Å². The molecule has 0 aliphatic heterocycles. The van der Waals surface area contributed by atoms with Crippen molar-refractivity contribution in [1.82, 2.24) is 0 Å². The van der Waals surface area contributed by atoms with Gasteiger partial charge in [-0.1, -0.05) is 0 Å². The van der Waals surface area contributed by atoms with Crippen molar-refractivity contribution in [3.05, 3.63) is 0 Å². The molecule has 52 valence electrons. The maximum absolute atomic E-state index is 10.4. The third kappa shape index (κ3) is 4.02. The summed E-state index contributed by atoms with van der Waals surface area (Å²) in [5.41, 5.74) is 0. The summed E-state index contributed by atoms with van der Waals surface area (Å²) in [7, 11) is -0.0966. The predicted octanol–water partition coefficient (Wildman–Crippen LogP) is -0.482. The van der Waals surface area contributed by atoms with Crippen LogP contribution in [0.4, 0.5) is 0 Å². The lowest BCUT2D eigenvalue weighted by Gasteiger charge is -1.89. The van der Waals surface area contributed by atoms with E-state index in [0.29, 0.717) is 0 Å². The number of Topliss-reactive ketones (excluding diaryl/α,β-unsaturated/α-hetero) is 1. The van der Waals surface area contributed by atoms with Crippen LogP contribution in [0.25, 0.3) is 0 Å². The second kappa shape index (κ2) is 3.50. The average Bonchev–Trinajstić information content (AvgIpc) is 1.63. The maximum atomic E-state index is 10.4. The van der Waals surface area contributed by atoms with E-state index in [1.165, 1.54) is 0 Å². The second-order valence-electron chi connectivity index (χ2n) is 1.86. The third-order valence-electron chi connectivity index (χ3n) is 0.658. The molecule has 3 nitrogen and oxygen atoms in total. The molecular weight excluding hydrogens is 140 g/mol. The van der Waals surface area contributed by atoms with Crippen LogP contribution in [-0.4, -0.2) is 35.1 Å². The van der Waals surface area contributed by atoms with E-state index in [0.717, 1.165) is 0 Å². The molecule has 0 rings (SSSR count). The molecule has 0 aromatic carbocycles. The molecule has 1 N–H and O–H groups in total. The molecule has 9 heavy (non-hydrogen) atoms. The Morgan fingerprint density at radius 2 is 1.89 bits per heavy atom. The molecule has 0 fully saturated rings. The summed E-state index contributed by atoms with van der Waals surface area (Å²) in [4.78, 5) is 20.3. The fourth-order valence-corrected chi connectivity index (χ4v) is 0.972. The first-order valence-electron chi connectivity index (χ1n) is 2.34. The smallest absolute Gasteiger partial charge is 0.377 e. The zero-order valence-electron chi connectivity index (χ0n) is 5.38. The van der Waals surface area contributed by atoms with Gasteiger partial charge in [0.2, 0.25) is 0 Å². The molecule has 4 heteroatoms. The zero-order chi connectivity index (χ0) is 7.44. The van der Waals surface area contributed by atoms with Crippen LogP contribution in [0.2, 0.25) is 0 Å². The quantitative estimate of drug-likeness (QED) is 0.435. The van der Waals surface area contributed by atoms with Crippen molar-refractivity contribution >= 4 is 22.6 Å². The van der Waals surface area contributed by atoms with Crippen molar-refractivity contribution in [3.63, 3.8) is 0 Å². The van der Waals surface area contributed by atoms with E-state index in [-0.39, 0.29) is 16.6 Å². The number of carboxylic acid groups (broad SMARTS) is 1. The Bertz CT molecular complexity index is 130. The summed E-state index contributed by atoms with van der Waals surface area (Å²) in [6, 6.07) is 0. The first kappa shape index (κ1) is 8.49. The van der Waals surface area contributed by atoms with Gasteiger partial charge in [0.1, 0.15) is 0 Å². The van der Waals surface area contributed by atoms with Crippen molar-refractivity contribution in [2.24, 2.45) is 0 Å². The fourth-order valence-electron chi connectivity index (χ4n) is 0.324. The van der Waals surface area contributed by atoms with Gasteiger partial charge in [-0.05, 0) is 10.9 Å². The van der Waals surface area contributed by atoms with Gasteiger partial charge in [0, 0.05) is 0 Å².